The molecule has 0 amide bonds. The van der Waals surface area contributed by atoms with Crippen LogP contribution in [0.2, 0.25) is 0 Å². The molecule has 0 aromatic heterocycles. The summed E-state index contributed by atoms with van der Waals surface area (Å²) in [4.78, 5) is 24.5. The third-order valence-electron chi connectivity index (χ3n) is 4.95. The molecule has 27 heavy (non-hydrogen) atoms. The molecular weight excluding hydrogens is 340 g/mol. The predicted molar refractivity (Wildman–Crippen MR) is 105 cm³/mol. The van der Waals surface area contributed by atoms with Crippen molar-refractivity contribution in [3.63, 3.8) is 0 Å². The number of carbonyl (C=O) groups excluding carboxylic acids is 2. The van der Waals surface area contributed by atoms with E-state index < -0.39 is 0 Å². The molecule has 140 valence electrons. The Kier molecular flexibility index (Phi) is 5.45. The summed E-state index contributed by atoms with van der Waals surface area (Å²) < 4.78 is 10.2. The maximum Gasteiger partial charge on any atom is 0.337 e. The number of ether oxygens (including phenoxy) is 2. The normalized spacial score (nSPS) is 15.0. The number of esters is 1. The Balaban J connectivity index is 1.92. The third kappa shape index (κ3) is 3.80. The maximum absolute atomic E-state index is 13.0. The van der Waals surface area contributed by atoms with Crippen LogP contribution in [0.15, 0.2) is 42.0 Å². The van der Waals surface area contributed by atoms with Gasteiger partial charge in [0, 0.05) is 11.1 Å². The van der Waals surface area contributed by atoms with Crippen LogP contribution in [0.1, 0.15) is 63.6 Å². The van der Waals surface area contributed by atoms with Crippen molar-refractivity contribution in [1.82, 2.24) is 0 Å². The van der Waals surface area contributed by atoms with Crippen LogP contribution >= 0.6 is 0 Å². The molecule has 0 heterocycles. The van der Waals surface area contributed by atoms with Crippen molar-refractivity contribution in [1.29, 1.82) is 0 Å². The van der Waals surface area contributed by atoms with Gasteiger partial charge in [0.25, 0.3) is 0 Å². The molecule has 0 radical (unpaired) electrons. The molecule has 0 aliphatic heterocycles. The SMILES string of the molecule is COC(=O)c1ccc(/C=C2\CCc3cc(C(C)C)c(OC)cc3C2=O)cc1. The Hall–Kier alpha value is -2.88. The van der Waals surface area contributed by atoms with Crippen LogP contribution in [0.3, 0.4) is 0 Å². The fourth-order valence-corrected chi connectivity index (χ4v) is 3.42. The number of aryl methyl sites for hydroxylation is 1. The standard InChI is InChI=1S/C23H24O4/c1-14(2)19-12-17-9-10-18(22(24)20(17)13-21(19)26-3)11-15-5-7-16(8-6-15)23(25)27-4/h5-8,11-14H,9-10H2,1-4H3/b18-11+. The number of rotatable bonds is 4. The van der Waals surface area contributed by atoms with Crippen LogP contribution < -0.4 is 4.74 Å². The number of methoxy groups -OCH3 is 2. The van der Waals surface area contributed by atoms with E-state index in [2.05, 4.69) is 19.9 Å². The summed E-state index contributed by atoms with van der Waals surface area (Å²) in [6.07, 6.45) is 3.43. The smallest absolute Gasteiger partial charge is 0.337 e. The van der Waals surface area contributed by atoms with Gasteiger partial charge in [-0.2, -0.15) is 0 Å². The molecule has 2 aromatic carbocycles. The highest BCUT2D eigenvalue weighted by molar-refractivity contribution is 6.13. The number of fused-ring (bicyclic) bond motifs is 1. The average molecular weight is 364 g/mol. The molecule has 0 bridgehead atoms. The highest BCUT2D eigenvalue weighted by atomic mass is 16.5. The van der Waals surface area contributed by atoms with Gasteiger partial charge >= 0.3 is 5.97 Å². The Bertz CT molecular complexity index is 905. The molecule has 1 aliphatic carbocycles. The minimum atomic E-state index is -0.370. The molecule has 2 aromatic rings. The number of ketones is 1. The van der Waals surface area contributed by atoms with E-state index in [4.69, 9.17) is 9.47 Å². The summed E-state index contributed by atoms with van der Waals surface area (Å²) in [6.45, 7) is 4.25. The molecular formula is C23H24O4. The molecule has 0 unspecified atom stereocenters. The van der Waals surface area contributed by atoms with E-state index in [-0.39, 0.29) is 11.8 Å². The zero-order valence-corrected chi connectivity index (χ0v) is 16.2. The summed E-state index contributed by atoms with van der Waals surface area (Å²) in [5.41, 5.74) is 5.09. The Morgan fingerprint density at radius 1 is 1.07 bits per heavy atom. The average Bonchev–Trinajstić information content (AvgIpc) is 2.69. The number of allylic oxidation sites excluding steroid dienone is 1. The van der Waals surface area contributed by atoms with Gasteiger partial charge in [-0.05, 0) is 59.7 Å². The van der Waals surface area contributed by atoms with Crippen LogP contribution in [0.25, 0.3) is 6.08 Å². The van der Waals surface area contributed by atoms with Crippen molar-refractivity contribution < 1.29 is 19.1 Å². The zero-order chi connectivity index (χ0) is 19.6. The van der Waals surface area contributed by atoms with E-state index in [0.29, 0.717) is 17.9 Å². The molecule has 4 heteroatoms. The van der Waals surface area contributed by atoms with Crippen molar-refractivity contribution >= 4 is 17.8 Å². The molecule has 0 saturated carbocycles. The van der Waals surface area contributed by atoms with E-state index in [9.17, 15) is 9.59 Å². The summed E-state index contributed by atoms with van der Waals surface area (Å²) in [7, 11) is 3.00. The van der Waals surface area contributed by atoms with Gasteiger partial charge in [-0.25, -0.2) is 4.79 Å². The molecule has 0 saturated heterocycles. The highest BCUT2D eigenvalue weighted by Crippen LogP contribution is 2.35. The topological polar surface area (TPSA) is 52.6 Å². The molecule has 0 fully saturated rings. The second-order valence-electron chi connectivity index (χ2n) is 7.02. The minimum absolute atomic E-state index is 0.0434. The van der Waals surface area contributed by atoms with E-state index in [1.807, 2.05) is 24.3 Å². The van der Waals surface area contributed by atoms with Crippen LogP contribution in [0, 0.1) is 0 Å². The molecule has 0 spiro atoms. The second kappa shape index (κ2) is 7.78. The first-order chi connectivity index (χ1) is 12.9. The molecule has 4 nitrogen and oxygen atoms in total. The predicted octanol–water partition coefficient (Wildman–Crippen LogP) is 4.82. The molecule has 3 rings (SSSR count). The molecule has 0 N–H and O–H groups in total. The lowest BCUT2D eigenvalue weighted by Crippen LogP contribution is -2.15. The van der Waals surface area contributed by atoms with Crippen molar-refractivity contribution in [3.05, 3.63) is 69.8 Å². The lowest BCUT2D eigenvalue weighted by molar-refractivity contribution is 0.0600. The number of Topliss-reactive ketones (excluding diaryl/α,β-unsaturated/α-hetero) is 1. The number of carbonyl (C=O) groups is 2. The summed E-state index contributed by atoms with van der Waals surface area (Å²) >= 11 is 0. The first kappa shape index (κ1) is 18.9. The molecule has 1 aliphatic rings. The first-order valence-corrected chi connectivity index (χ1v) is 9.09. The van der Waals surface area contributed by atoms with Crippen LogP contribution in [0.5, 0.6) is 5.75 Å². The Labute approximate surface area is 159 Å². The van der Waals surface area contributed by atoms with Gasteiger partial charge in [-0.3, -0.25) is 4.79 Å². The second-order valence-corrected chi connectivity index (χ2v) is 7.02. The van der Waals surface area contributed by atoms with E-state index in [1.54, 1.807) is 19.2 Å². The van der Waals surface area contributed by atoms with Gasteiger partial charge in [-0.15, -0.1) is 0 Å². The highest BCUT2D eigenvalue weighted by Gasteiger charge is 2.24. The zero-order valence-electron chi connectivity index (χ0n) is 16.2. The van der Waals surface area contributed by atoms with Gasteiger partial charge in [0.15, 0.2) is 5.78 Å². The van der Waals surface area contributed by atoms with Crippen LogP contribution in [-0.2, 0) is 11.2 Å². The Morgan fingerprint density at radius 2 is 1.78 bits per heavy atom. The van der Waals surface area contributed by atoms with E-state index >= 15 is 0 Å². The van der Waals surface area contributed by atoms with Gasteiger partial charge in [0.05, 0.1) is 19.8 Å². The first-order valence-electron chi connectivity index (χ1n) is 9.09. The maximum atomic E-state index is 13.0. The Morgan fingerprint density at radius 3 is 2.37 bits per heavy atom. The number of hydrogen-bond acceptors (Lipinski definition) is 4. The summed E-state index contributed by atoms with van der Waals surface area (Å²) in [6, 6.07) is 11.0. The summed E-state index contributed by atoms with van der Waals surface area (Å²) in [5, 5.41) is 0. The van der Waals surface area contributed by atoms with Gasteiger partial charge in [0.1, 0.15) is 5.75 Å². The lowest BCUT2D eigenvalue weighted by atomic mass is 9.83. The van der Waals surface area contributed by atoms with Gasteiger partial charge < -0.3 is 9.47 Å². The van der Waals surface area contributed by atoms with Crippen LogP contribution in [0.4, 0.5) is 0 Å². The van der Waals surface area contributed by atoms with Crippen LogP contribution in [-0.4, -0.2) is 26.0 Å². The fourth-order valence-electron chi connectivity index (χ4n) is 3.42. The number of benzene rings is 2. The van der Waals surface area contributed by atoms with Crippen molar-refractivity contribution in [2.75, 3.05) is 14.2 Å². The third-order valence-corrected chi connectivity index (χ3v) is 4.95. The summed E-state index contributed by atoms with van der Waals surface area (Å²) in [5.74, 6) is 0.776. The van der Waals surface area contributed by atoms with Crippen molar-refractivity contribution in [2.24, 2.45) is 0 Å². The monoisotopic (exact) mass is 364 g/mol. The lowest BCUT2D eigenvalue weighted by Gasteiger charge is -2.21. The van der Waals surface area contributed by atoms with Crippen molar-refractivity contribution in [2.45, 2.75) is 32.6 Å². The minimum Gasteiger partial charge on any atom is -0.496 e. The number of hydrogen-bond donors (Lipinski definition) is 0. The fraction of sp³-hybridized carbons (Fsp3) is 0.304. The quantitative estimate of drug-likeness (QED) is 0.577. The van der Waals surface area contributed by atoms with Gasteiger partial charge in [0.2, 0.25) is 0 Å². The largest absolute Gasteiger partial charge is 0.496 e. The van der Waals surface area contributed by atoms with Crippen molar-refractivity contribution in [3.8, 4) is 5.75 Å². The van der Waals surface area contributed by atoms with E-state index in [0.717, 1.165) is 40.0 Å². The van der Waals surface area contributed by atoms with Gasteiger partial charge in [-0.1, -0.05) is 32.0 Å². The van der Waals surface area contributed by atoms with E-state index in [1.165, 1.54) is 7.11 Å². The molecule has 0 atom stereocenters.